The molecular weight excluding hydrogens is 360 g/mol. The maximum atomic E-state index is 12.4. The number of nitrogens with one attached hydrogen (secondary N) is 1. The Labute approximate surface area is 169 Å². The highest BCUT2D eigenvalue weighted by Crippen LogP contribution is 2.25. The summed E-state index contributed by atoms with van der Waals surface area (Å²) in [5, 5.41) is 7.30. The minimum Gasteiger partial charge on any atom is -0.322 e. The molecule has 0 bridgehead atoms. The molecule has 0 aliphatic carbocycles. The number of hydrogen-bond donors (Lipinski definition) is 1. The van der Waals surface area contributed by atoms with Gasteiger partial charge >= 0.3 is 0 Å². The molecule has 4 rings (SSSR count). The van der Waals surface area contributed by atoms with Gasteiger partial charge in [0.1, 0.15) is 0 Å². The van der Waals surface area contributed by atoms with Crippen molar-refractivity contribution in [3.05, 3.63) is 103 Å². The Hall–Kier alpha value is -3.99. The molecule has 29 heavy (non-hydrogen) atoms. The molecule has 4 aromatic rings. The number of aryl methyl sites for hydroxylation is 1. The molecule has 0 spiro atoms. The van der Waals surface area contributed by atoms with E-state index < -0.39 is 0 Å². The van der Waals surface area contributed by atoms with Crippen molar-refractivity contribution in [2.45, 2.75) is 6.92 Å². The lowest BCUT2D eigenvalue weighted by molar-refractivity contribution is -0.111. The first-order chi connectivity index (χ1) is 14.2. The molecule has 2 heterocycles. The Morgan fingerprint density at radius 3 is 2.59 bits per heavy atom. The predicted molar refractivity (Wildman–Crippen MR) is 116 cm³/mol. The highest BCUT2D eigenvalue weighted by molar-refractivity contribution is 6.02. The van der Waals surface area contributed by atoms with Gasteiger partial charge in [-0.05, 0) is 60.0 Å². The van der Waals surface area contributed by atoms with E-state index in [1.807, 2.05) is 73.8 Å². The Balaban J connectivity index is 1.47. The second kappa shape index (κ2) is 8.35. The molecule has 0 aliphatic rings. The molecule has 1 N–H and O–H groups in total. The lowest BCUT2D eigenvalue weighted by atomic mass is 10.0. The van der Waals surface area contributed by atoms with Gasteiger partial charge in [-0.1, -0.05) is 30.3 Å². The van der Waals surface area contributed by atoms with E-state index in [4.69, 9.17) is 0 Å². The summed E-state index contributed by atoms with van der Waals surface area (Å²) in [6.07, 6.45) is 10.4. The third-order valence-electron chi connectivity index (χ3n) is 4.56. The van der Waals surface area contributed by atoms with E-state index in [0.717, 1.165) is 33.6 Å². The number of carbonyl (C=O) groups is 1. The van der Waals surface area contributed by atoms with E-state index in [9.17, 15) is 4.79 Å². The van der Waals surface area contributed by atoms with Crippen molar-refractivity contribution < 1.29 is 4.79 Å². The maximum Gasteiger partial charge on any atom is 0.248 e. The van der Waals surface area contributed by atoms with Gasteiger partial charge in [-0.15, -0.1) is 0 Å². The topological polar surface area (TPSA) is 59.8 Å². The first-order valence-corrected chi connectivity index (χ1v) is 9.29. The van der Waals surface area contributed by atoms with Crippen LogP contribution < -0.4 is 5.32 Å². The fourth-order valence-electron chi connectivity index (χ4n) is 2.97. The summed E-state index contributed by atoms with van der Waals surface area (Å²) < 4.78 is 1.78. The monoisotopic (exact) mass is 380 g/mol. The van der Waals surface area contributed by atoms with Crippen molar-refractivity contribution in [3.8, 4) is 16.8 Å². The summed E-state index contributed by atoms with van der Waals surface area (Å²) in [6, 6.07) is 19.7. The summed E-state index contributed by atoms with van der Waals surface area (Å²) in [4.78, 5) is 16.5. The zero-order valence-electron chi connectivity index (χ0n) is 16.0. The lowest BCUT2D eigenvalue weighted by Gasteiger charge is -2.09. The molecule has 1 amide bonds. The van der Waals surface area contributed by atoms with Gasteiger partial charge < -0.3 is 5.32 Å². The number of rotatable bonds is 5. The average Bonchev–Trinajstić information content (AvgIpc) is 3.24. The fourth-order valence-corrected chi connectivity index (χ4v) is 2.97. The van der Waals surface area contributed by atoms with Crippen LogP contribution in [0.4, 0.5) is 5.69 Å². The minimum absolute atomic E-state index is 0.188. The van der Waals surface area contributed by atoms with Crippen LogP contribution in [-0.4, -0.2) is 20.7 Å². The summed E-state index contributed by atoms with van der Waals surface area (Å²) in [7, 11) is 0. The molecular formula is C24H20N4O. The van der Waals surface area contributed by atoms with Crippen molar-refractivity contribution in [1.82, 2.24) is 14.8 Å². The van der Waals surface area contributed by atoms with Crippen molar-refractivity contribution in [2.75, 3.05) is 5.32 Å². The molecule has 5 heteroatoms. The SMILES string of the molecule is Cc1ccc(-c2ccncc2)cc1NC(=O)/C=C/c1cnn(-c2ccccc2)c1. The molecule has 0 atom stereocenters. The molecule has 0 radical (unpaired) electrons. The third-order valence-corrected chi connectivity index (χ3v) is 4.56. The largest absolute Gasteiger partial charge is 0.322 e. The van der Waals surface area contributed by atoms with Gasteiger partial charge in [-0.2, -0.15) is 5.10 Å². The van der Waals surface area contributed by atoms with Gasteiger partial charge in [0.2, 0.25) is 5.91 Å². The first-order valence-electron chi connectivity index (χ1n) is 9.29. The van der Waals surface area contributed by atoms with Crippen molar-refractivity contribution in [1.29, 1.82) is 0 Å². The van der Waals surface area contributed by atoms with Crippen LogP contribution >= 0.6 is 0 Å². The number of amides is 1. The molecule has 0 aliphatic heterocycles. The van der Waals surface area contributed by atoms with Gasteiger partial charge in [0.15, 0.2) is 0 Å². The van der Waals surface area contributed by atoms with Crippen LogP contribution in [-0.2, 0) is 4.79 Å². The minimum atomic E-state index is -0.188. The zero-order valence-corrected chi connectivity index (χ0v) is 16.0. The van der Waals surface area contributed by atoms with Gasteiger partial charge in [-0.3, -0.25) is 9.78 Å². The molecule has 142 valence electrons. The maximum absolute atomic E-state index is 12.4. The van der Waals surface area contributed by atoms with E-state index in [2.05, 4.69) is 15.4 Å². The van der Waals surface area contributed by atoms with Crippen molar-refractivity contribution in [3.63, 3.8) is 0 Å². The number of nitrogens with zero attached hydrogens (tertiary/aromatic N) is 3. The number of anilines is 1. The number of para-hydroxylation sites is 1. The molecule has 5 nitrogen and oxygen atoms in total. The van der Waals surface area contributed by atoms with E-state index in [1.54, 1.807) is 29.3 Å². The van der Waals surface area contributed by atoms with E-state index in [-0.39, 0.29) is 5.91 Å². The number of carbonyl (C=O) groups excluding carboxylic acids is 1. The van der Waals surface area contributed by atoms with Gasteiger partial charge in [0.25, 0.3) is 0 Å². The van der Waals surface area contributed by atoms with Crippen LogP contribution in [0.1, 0.15) is 11.1 Å². The Kier molecular flexibility index (Phi) is 5.29. The number of benzene rings is 2. The van der Waals surface area contributed by atoms with Crippen LogP contribution in [0.3, 0.4) is 0 Å². The molecule has 0 saturated heterocycles. The van der Waals surface area contributed by atoms with Crippen LogP contribution in [0, 0.1) is 6.92 Å². The zero-order chi connectivity index (χ0) is 20.1. The normalized spacial score (nSPS) is 10.9. The predicted octanol–water partition coefficient (Wildman–Crippen LogP) is 4.89. The number of pyridine rings is 1. The molecule has 2 aromatic carbocycles. The lowest BCUT2D eigenvalue weighted by Crippen LogP contribution is -2.09. The standard InChI is InChI=1S/C24H20N4O/c1-18-7-9-21(20-11-13-25-14-12-20)15-23(18)27-24(29)10-8-19-16-26-28(17-19)22-5-3-2-4-6-22/h2-17H,1H3,(H,27,29)/b10-8+. The summed E-state index contributed by atoms with van der Waals surface area (Å²) in [6.45, 7) is 1.97. The second-order valence-electron chi connectivity index (χ2n) is 6.64. The molecule has 0 saturated carbocycles. The average molecular weight is 380 g/mol. The molecule has 2 aromatic heterocycles. The fraction of sp³-hybridized carbons (Fsp3) is 0.0417. The molecule has 0 unspecified atom stereocenters. The van der Waals surface area contributed by atoms with Crippen LogP contribution in [0.25, 0.3) is 22.9 Å². The van der Waals surface area contributed by atoms with E-state index >= 15 is 0 Å². The number of aromatic nitrogens is 3. The summed E-state index contributed by atoms with van der Waals surface area (Å²) >= 11 is 0. The Bertz CT molecular complexity index is 1150. The van der Waals surface area contributed by atoms with E-state index in [0.29, 0.717) is 0 Å². The highest BCUT2D eigenvalue weighted by atomic mass is 16.1. The van der Waals surface area contributed by atoms with Crippen molar-refractivity contribution >= 4 is 17.7 Å². The smallest absolute Gasteiger partial charge is 0.248 e. The van der Waals surface area contributed by atoms with Crippen molar-refractivity contribution in [2.24, 2.45) is 0 Å². The van der Waals surface area contributed by atoms with Gasteiger partial charge in [0, 0.05) is 35.9 Å². The Morgan fingerprint density at radius 2 is 1.79 bits per heavy atom. The number of hydrogen-bond acceptors (Lipinski definition) is 3. The molecule has 0 fully saturated rings. The highest BCUT2D eigenvalue weighted by Gasteiger charge is 2.05. The first kappa shape index (κ1) is 18.4. The van der Waals surface area contributed by atoms with Crippen LogP contribution in [0.15, 0.2) is 91.5 Å². The van der Waals surface area contributed by atoms with Gasteiger partial charge in [-0.25, -0.2) is 4.68 Å². The third kappa shape index (κ3) is 4.47. The van der Waals surface area contributed by atoms with Crippen LogP contribution in [0.5, 0.6) is 0 Å². The Morgan fingerprint density at radius 1 is 1.00 bits per heavy atom. The van der Waals surface area contributed by atoms with Crippen LogP contribution in [0.2, 0.25) is 0 Å². The summed E-state index contributed by atoms with van der Waals surface area (Å²) in [5.74, 6) is -0.188. The second-order valence-corrected chi connectivity index (χ2v) is 6.64. The quantitative estimate of drug-likeness (QED) is 0.501. The summed E-state index contributed by atoms with van der Waals surface area (Å²) in [5.41, 5.74) is 5.70. The van der Waals surface area contributed by atoms with E-state index in [1.165, 1.54) is 6.08 Å². The van der Waals surface area contributed by atoms with Gasteiger partial charge in [0.05, 0.1) is 11.9 Å².